The summed E-state index contributed by atoms with van der Waals surface area (Å²) in [7, 11) is 0. The Balaban J connectivity index is 1.73. The molecule has 2 aromatic rings. The van der Waals surface area contributed by atoms with Crippen molar-refractivity contribution in [3.8, 4) is 0 Å². The van der Waals surface area contributed by atoms with Crippen molar-refractivity contribution >= 4 is 0 Å². The summed E-state index contributed by atoms with van der Waals surface area (Å²) < 4.78 is 0. The fourth-order valence-electron chi connectivity index (χ4n) is 2.35. The molecule has 1 aliphatic heterocycles. The van der Waals surface area contributed by atoms with Crippen LogP contribution in [0.4, 0.5) is 0 Å². The van der Waals surface area contributed by atoms with Gasteiger partial charge in [0.15, 0.2) is 0 Å². The Bertz CT molecular complexity index is 491. The van der Waals surface area contributed by atoms with Crippen molar-refractivity contribution in [2.75, 3.05) is 0 Å². The van der Waals surface area contributed by atoms with Crippen LogP contribution in [-0.4, -0.2) is 0 Å². The van der Waals surface area contributed by atoms with Gasteiger partial charge in [0.1, 0.15) is 12.2 Å². The first-order valence-corrected chi connectivity index (χ1v) is 6.67. The van der Waals surface area contributed by atoms with Crippen LogP contribution in [0, 0.1) is 13.8 Å². The molecule has 0 radical (unpaired) electrons. The molecule has 2 nitrogen and oxygen atoms in total. The Morgan fingerprint density at radius 1 is 0.684 bits per heavy atom. The summed E-state index contributed by atoms with van der Waals surface area (Å²) >= 11 is 0. The predicted molar refractivity (Wildman–Crippen MR) is 74.6 cm³/mol. The van der Waals surface area contributed by atoms with E-state index >= 15 is 0 Å². The van der Waals surface area contributed by atoms with Gasteiger partial charge in [-0.05, 0) is 25.0 Å². The zero-order valence-electron chi connectivity index (χ0n) is 11.3. The zero-order valence-corrected chi connectivity index (χ0v) is 11.3. The number of aryl methyl sites for hydroxylation is 2. The van der Waals surface area contributed by atoms with Gasteiger partial charge in [0, 0.05) is 6.42 Å². The van der Waals surface area contributed by atoms with E-state index in [1.165, 1.54) is 22.3 Å². The van der Waals surface area contributed by atoms with Crippen LogP contribution < -0.4 is 0 Å². The smallest absolute Gasteiger partial charge is 0.121 e. The van der Waals surface area contributed by atoms with Crippen molar-refractivity contribution in [3.63, 3.8) is 0 Å². The maximum Gasteiger partial charge on any atom is 0.121 e. The number of benzene rings is 2. The highest BCUT2D eigenvalue weighted by atomic mass is 17.2. The molecule has 1 fully saturated rings. The van der Waals surface area contributed by atoms with Crippen LogP contribution in [0.5, 0.6) is 0 Å². The average Bonchev–Trinajstić information content (AvgIpc) is 2.90. The van der Waals surface area contributed by atoms with Crippen molar-refractivity contribution in [2.45, 2.75) is 32.5 Å². The molecule has 2 aromatic carbocycles. The highest BCUT2D eigenvalue weighted by Crippen LogP contribution is 2.39. The van der Waals surface area contributed by atoms with E-state index in [1.54, 1.807) is 0 Å². The lowest BCUT2D eigenvalue weighted by Crippen LogP contribution is -1.96. The summed E-state index contributed by atoms with van der Waals surface area (Å²) in [4.78, 5) is 11.0. The van der Waals surface area contributed by atoms with Crippen molar-refractivity contribution in [1.29, 1.82) is 0 Å². The van der Waals surface area contributed by atoms with Gasteiger partial charge in [-0.3, -0.25) is 0 Å². The number of rotatable bonds is 2. The molecule has 1 aliphatic rings. The molecule has 1 heterocycles. The van der Waals surface area contributed by atoms with E-state index < -0.39 is 0 Å². The Labute approximate surface area is 113 Å². The monoisotopic (exact) mass is 254 g/mol. The van der Waals surface area contributed by atoms with E-state index in [-0.39, 0.29) is 12.2 Å². The lowest BCUT2D eigenvalue weighted by Gasteiger charge is -2.07. The minimum atomic E-state index is 0.0342. The molecule has 3 rings (SSSR count). The molecule has 0 spiro atoms. The topological polar surface area (TPSA) is 18.5 Å². The van der Waals surface area contributed by atoms with E-state index in [9.17, 15) is 0 Å². The van der Waals surface area contributed by atoms with Crippen LogP contribution in [0.1, 0.15) is 40.9 Å². The van der Waals surface area contributed by atoms with Crippen molar-refractivity contribution < 1.29 is 9.78 Å². The van der Waals surface area contributed by atoms with E-state index in [2.05, 4.69) is 62.4 Å². The lowest BCUT2D eigenvalue weighted by atomic mass is 9.98. The molecule has 0 N–H and O–H groups in total. The van der Waals surface area contributed by atoms with Gasteiger partial charge < -0.3 is 0 Å². The molecular formula is C17H18O2. The maximum atomic E-state index is 5.48. The maximum absolute atomic E-state index is 5.48. The molecule has 98 valence electrons. The van der Waals surface area contributed by atoms with Gasteiger partial charge in [0.05, 0.1) is 0 Å². The third kappa shape index (κ3) is 2.70. The minimum Gasteiger partial charge on any atom is -0.228 e. The van der Waals surface area contributed by atoms with Crippen molar-refractivity contribution in [3.05, 3.63) is 70.8 Å². The summed E-state index contributed by atoms with van der Waals surface area (Å²) in [5.74, 6) is 0. The fourth-order valence-corrected chi connectivity index (χ4v) is 2.35. The second kappa shape index (κ2) is 5.16. The summed E-state index contributed by atoms with van der Waals surface area (Å²) in [5, 5.41) is 0. The van der Waals surface area contributed by atoms with Crippen molar-refractivity contribution in [1.82, 2.24) is 0 Å². The molecule has 19 heavy (non-hydrogen) atoms. The molecule has 2 atom stereocenters. The van der Waals surface area contributed by atoms with Gasteiger partial charge in [0.2, 0.25) is 0 Å². The first-order chi connectivity index (χ1) is 9.22. The van der Waals surface area contributed by atoms with Crippen LogP contribution in [-0.2, 0) is 9.78 Å². The summed E-state index contributed by atoms with van der Waals surface area (Å²) in [6.07, 6.45) is 0.936. The third-order valence-corrected chi connectivity index (χ3v) is 3.61. The third-order valence-electron chi connectivity index (χ3n) is 3.61. The van der Waals surface area contributed by atoms with Crippen LogP contribution in [0.2, 0.25) is 0 Å². The largest absolute Gasteiger partial charge is 0.228 e. The standard InChI is InChI=1S/C17H18O2/c1-12-3-7-14(8-4-12)16-11-17(19-18-16)15-9-5-13(2)6-10-15/h3-10,16-17H,11H2,1-2H3/t16-,17+. The van der Waals surface area contributed by atoms with Crippen LogP contribution >= 0.6 is 0 Å². The first-order valence-electron chi connectivity index (χ1n) is 6.67. The molecule has 0 unspecified atom stereocenters. The average molecular weight is 254 g/mol. The van der Waals surface area contributed by atoms with Crippen molar-refractivity contribution in [2.24, 2.45) is 0 Å². The quantitative estimate of drug-likeness (QED) is 0.738. The van der Waals surface area contributed by atoms with E-state index in [0.29, 0.717) is 0 Å². The molecule has 0 amide bonds. The Hall–Kier alpha value is -1.64. The summed E-state index contributed by atoms with van der Waals surface area (Å²) in [6, 6.07) is 16.9. The predicted octanol–water partition coefficient (Wildman–Crippen LogP) is 4.44. The Morgan fingerprint density at radius 2 is 1.05 bits per heavy atom. The highest BCUT2D eigenvalue weighted by molar-refractivity contribution is 5.26. The molecule has 0 aliphatic carbocycles. The summed E-state index contributed by atoms with van der Waals surface area (Å²) in [5.41, 5.74) is 4.89. The molecule has 0 saturated carbocycles. The molecule has 1 saturated heterocycles. The molecule has 0 aromatic heterocycles. The van der Waals surface area contributed by atoms with Crippen LogP contribution in [0.3, 0.4) is 0 Å². The van der Waals surface area contributed by atoms with Gasteiger partial charge in [-0.1, -0.05) is 59.7 Å². The van der Waals surface area contributed by atoms with Gasteiger partial charge in [-0.25, -0.2) is 9.78 Å². The normalized spacial score (nSPS) is 22.6. The van der Waals surface area contributed by atoms with Crippen LogP contribution in [0.25, 0.3) is 0 Å². The molecular weight excluding hydrogens is 236 g/mol. The Kier molecular flexibility index (Phi) is 3.36. The number of hydrogen-bond donors (Lipinski definition) is 0. The minimum absolute atomic E-state index is 0.0342. The zero-order chi connectivity index (χ0) is 13.2. The highest BCUT2D eigenvalue weighted by Gasteiger charge is 2.29. The van der Waals surface area contributed by atoms with Crippen LogP contribution in [0.15, 0.2) is 48.5 Å². The first kappa shape index (κ1) is 12.4. The summed E-state index contributed by atoms with van der Waals surface area (Å²) in [6.45, 7) is 4.18. The van der Waals surface area contributed by atoms with Gasteiger partial charge in [-0.15, -0.1) is 0 Å². The molecule has 0 bridgehead atoms. The molecule has 2 heteroatoms. The second-order valence-electron chi connectivity index (χ2n) is 5.23. The van der Waals surface area contributed by atoms with Gasteiger partial charge in [0.25, 0.3) is 0 Å². The second-order valence-corrected chi connectivity index (χ2v) is 5.23. The number of hydrogen-bond acceptors (Lipinski definition) is 2. The lowest BCUT2D eigenvalue weighted by molar-refractivity contribution is -0.300. The fraction of sp³-hybridized carbons (Fsp3) is 0.294. The van der Waals surface area contributed by atoms with Gasteiger partial charge >= 0.3 is 0 Å². The van der Waals surface area contributed by atoms with E-state index in [0.717, 1.165) is 6.42 Å². The Morgan fingerprint density at radius 3 is 1.42 bits per heavy atom. The van der Waals surface area contributed by atoms with Gasteiger partial charge in [-0.2, -0.15) is 0 Å². The van der Waals surface area contributed by atoms with E-state index in [4.69, 9.17) is 9.78 Å². The SMILES string of the molecule is Cc1ccc([C@@H]2C[C@H](c3ccc(C)cc3)OO2)cc1. The van der Waals surface area contributed by atoms with E-state index in [1.807, 2.05) is 0 Å².